The molecule has 5 rings (SSSR count). The molecule has 2 saturated heterocycles. The lowest BCUT2D eigenvalue weighted by atomic mass is 9.58. The van der Waals surface area contributed by atoms with Gasteiger partial charge in [-0.2, -0.15) is 0 Å². The van der Waals surface area contributed by atoms with Crippen LogP contribution in [0.15, 0.2) is 18.2 Å². The van der Waals surface area contributed by atoms with Gasteiger partial charge in [-0.05, 0) is 62.2 Å². The third-order valence-electron chi connectivity index (χ3n) is 7.96. The number of fused-ring (bicyclic) bond motifs is 1. The fraction of sp³-hybridized carbons (Fsp3) is 0.609. The number of hydroxylamine groups is 3. The van der Waals surface area contributed by atoms with Crippen molar-refractivity contribution >= 4 is 23.4 Å². The zero-order valence-corrected chi connectivity index (χ0v) is 18.0. The molecule has 0 radical (unpaired) electrons. The standard InChI is InChI=1S/C23H30N4O4/c1-26-20(28)6-5-19(21(26)29)27(31)14-17-16(22(27)30)3-2-4-18(17)25-13-15-11-23(12-15)7-9-24-10-8-23/h2-4,15,19,24-25H,5-14H2,1H3. The maximum atomic E-state index is 13.7. The Morgan fingerprint density at radius 1 is 1.23 bits per heavy atom. The fourth-order valence-corrected chi connectivity index (χ4v) is 6.10. The molecule has 1 spiro atoms. The normalized spacial score (nSPS) is 30.5. The summed E-state index contributed by atoms with van der Waals surface area (Å²) in [5.41, 5.74) is 2.43. The quantitative estimate of drug-likeness (QED) is 0.434. The highest BCUT2D eigenvalue weighted by atomic mass is 16.6. The molecular formula is C23H30N4O4. The first-order chi connectivity index (χ1) is 14.8. The zero-order valence-electron chi connectivity index (χ0n) is 18.0. The lowest BCUT2D eigenvalue weighted by Gasteiger charge is -2.50. The summed E-state index contributed by atoms with van der Waals surface area (Å²) in [6.07, 6.45) is 5.20. The van der Waals surface area contributed by atoms with E-state index in [9.17, 15) is 19.6 Å². The molecule has 1 aromatic rings. The summed E-state index contributed by atoms with van der Waals surface area (Å²) in [7, 11) is 1.39. The van der Waals surface area contributed by atoms with Gasteiger partial charge in [-0.3, -0.25) is 19.1 Å². The van der Waals surface area contributed by atoms with Crippen molar-refractivity contribution in [1.82, 2.24) is 10.2 Å². The summed E-state index contributed by atoms with van der Waals surface area (Å²) in [6.45, 7) is 2.99. The molecule has 8 heteroatoms. The second kappa shape index (κ2) is 7.39. The first-order valence-corrected chi connectivity index (χ1v) is 11.3. The number of quaternary nitrogens is 1. The number of hydrogen-bond donors (Lipinski definition) is 2. The number of amides is 3. The summed E-state index contributed by atoms with van der Waals surface area (Å²) in [5.74, 6) is -0.816. The average Bonchev–Trinajstić information content (AvgIpc) is 3.01. The molecule has 3 heterocycles. The smallest absolute Gasteiger partial charge is 0.347 e. The Hall–Kier alpha value is -2.29. The number of rotatable bonds is 4. The number of likely N-dealkylation sites (N-methyl/N-ethyl adjacent to an activating group) is 1. The van der Waals surface area contributed by atoms with Crippen molar-refractivity contribution in [2.24, 2.45) is 11.3 Å². The monoisotopic (exact) mass is 426 g/mol. The van der Waals surface area contributed by atoms with Crippen molar-refractivity contribution in [3.8, 4) is 0 Å². The second-order valence-electron chi connectivity index (χ2n) is 9.84. The van der Waals surface area contributed by atoms with Crippen molar-refractivity contribution in [1.29, 1.82) is 0 Å². The summed E-state index contributed by atoms with van der Waals surface area (Å²) >= 11 is 0. The van der Waals surface area contributed by atoms with Crippen LogP contribution in [0.1, 0.15) is 54.4 Å². The van der Waals surface area contributed by atoms with Crippen LogP contribution < -0.4 is 10.6 Å². The van der Waals surface area contributed by atoms with Gasteiger partial charge in [0.25, 0.3) is 5.91 Å². The van der Waals surface area contributed by atoms with Gasteiger partial charge in [-0.1, -0.05) is 6.07 Å². The maximum Gasteiger partial charge on any atom is 0.347 e. The van der Waals surface area contributed by atoms with E-state index < -0.39 is 22.5 Å². The molecule has 8 nitrogen and oxygen atoms in total. The Morgan fingerprint density at radius 3 is 2.71 bits per heavy atom. The molecule has 4 aliphatic rings. The van der Waals surface area contributed by atoms with Gasteiger partial charge in [0.05, 0.1) is 5.56 Å². The van der Waals surface area contributed by atoms with E-state index in [2.05, 4.69) is 10.6 Å². The predicted molar refractivity (Wildman–Crippen MR) is 115 cm³/mol. The van der Waals surface area contributed by atoms with Gasteiger partial charge < -0.3 is 15.8 Å². The van der Waals surface area contributed by atoms with Gasteiger partial charge in [0.2, 0.25) is 5.91 Å². The minimum atomic E-state index is -1.22. The number of carbonyl (C=O) groups is 3. The zero-order chi connectivity index (χ0) is 21.8. The van der Waals surface area contributed by atoms with Gasteiger partial charge in [0.15, 0.2) is 6.04 Å². The van der Waals surface area contributed by atoms with Gasteiger partial charge in [-0.15, -0.1) is 0 Å². The second-order valence-corrected chi connectivity index (χ2v) is 9.84. The van der Waals surface area contributed by atoms with Gasteiger partial charge in [0, 0.05) is 37.7 Å². The summed E-state index contributed by atoms with van der Waals surface area (Å²) in [6, 6.07) is 4.33. The topological polar surface area (TPSA) is 102 Å². The number of nitrogens with one attached hydrogen (secondary N) is 2. The van der Waals surface area contributed by atoms with Crippen molar-refractivity contribution in [2.75, 3.05) is 32.0 Å². The number of likely N-dealkylation sites (tertiary alicyclic amines) is 1. The Morgan fingerprint density at radius 2 is 1.97 bits per heavy atom. The van der Waals surface area contributed by atoms with Crippen LogP contribution in [-0.4, -0.2) is 60.0 Å². The molecule has 2 unspecified atom stereocenters. The Balaban J connectivity index is 1.29. The first-order valence-electron chi connectivity index (χ1n) is 11.3. The molecule has 1 saturated carbocycles. The number of piperidine rings is 2. The highest BCUT2D eigenvalue weighted by Gasteiger charge is 2.51. The fourth-order valence-electron chi connectivity index (χ4n) is 6.10. The maximum absolute atomic E-state index is 13.7. The third kappa shape index (κ3) is 3.28. The summed E-state index contributed by atoms with van der Waals surface area (Å²) in [4.78, 5) is 38.5. The number of imide groups is 1. The van der Waals surface area contributed by atoms with Crippen LogP contribution in [0.5, 0.6) is 0 Å². The van der Waals surface area contributed by atoms with E-state index in [0.29, 0.717) is 22.5 Å². The SMILES string of the molecule is CN1C(=O)CCC([N+]2([O-])Cc3c(NCC4CC5(CCNCC5)C4)cccc3C2=O)C1=O. The van der Waals surface area contributed by atoms with Crippen LogP contribution >= 0.6 is 0 Å². The van der Waals surface area contributed by atoms with Crippen LogP contribution in [0.4, 0.5) is 5.69 Å². The Kier molecular flexibility index (Phi) is 4.91. The predicted octanol–water partition coefficient (Wildman–Crippen LogP) is 1.99. The molecular weight excluding hydrogens is 396 g/mol. The number of benzene rings is 1. The Bertz CT molecular complexity index is 934. The van der Waals surface area contributed by atoms with Crippen molar-refractivity contribution in [3.63, 3.8) is 0 Å². The van der Waals surface area contributed by atoms with Crippen LogP contribution in [0.25, 0.3) is 0 Å². The largest absolute Gasteiger partial charge is 0.624 e. The van der Waals surface area contributed by atoms with Gasteiger partial charge in [0.1, 0.15) is 6.54 Å². The van der Waals surface area contributed by atoms with Gasteiger partial charge >= 0.3 is 5.91 Å². The molecule has 3 amide bonds. The van der Waals surface area contributed by atoms with Crippen molar-refractivity contribution in [2.45, 2.75) is 51.1 Å². The Labute approximate surface area is 182 Å². The number of anilines is 1. The molecule has 1 aromatic carbocycles. The molecule has 1 aliphatic carbocycles. The minimum Gasteiger partial charge on any atom is -0.624 e. The molecule has 3 aliphatic heterocycles. The molecule has 0 bridgehead atoms. The van der Waals surface area contributed by atoms with Crippen molar-refractivity contribution in [3.05, 3.63) is 34.5 Å². The van der Waals surface area contributed by atoms with E-state index in [1.165, 1.54) is 32.7 Å². The summed E-state index contributed by atoms with van der Waals surface area (Å²) < 4.78 is -1.22. The minimum absolute atomic E-state index is 0.0595. The van der Waals surface area contributed by atoms with E-state index >= 15 is 0 Å². The number of hydrogen-bond acceptors (Lipinski definition) is 6. The third-order valence-corrected chi connectivity index (χ3v) is 7.96. The molecule has 2 N–H and O–H groups in total. The van der Waals surface area contributed by atoms with Crippen LogP contribution in [0.2, 0.25) is 0 Å². The highest BCUT2D eigenvalue weighted by Crippen LogP contribution is 2.51. The number of carbonyl (C=O) groups excluding carboxylic acids is 3. The average molecular weight is 427 g/mol. The molecule has 31 heavy (non-hydrogen) atoms. The van der Waals surface area contributed by atoms with E-state index in [1.807, 2.05) is 6.07 Å². The molecule has 0 aromatic heterocycles. The van der Waals surface area contributed by atoms with Crippen molar-refractivity contribution < 1.29 is 19.0 Å². The summed E-state index contributed by atoms with van der Waals surface area (Å²) in [5, 5.41) is 20.6. The van der Waals surface area contributed by atoms with Crippen LogP contribution in [-0.2, 0) is 16.1 Å². The van der Waals surface area contributed by atoms with Gasteiger partial charge in [-0.25, -0.2) is 4.79 Å². The molecule has 2 atom stereocenters. The molecule has 166 valence electrons. The molecule has 3 fully saturated rings. The number of nitrogens with zero attached hydrogens (tertiary/aromatic N) is 2. The van der Waals surface area contributed by atoms with E-state index in [-0.39, 0.29) is 25.3 Å². The van der Waals surface area contributed by atoms with Crippen LogP contribution in [0, 0.1) is 16.5 Å². The lowest BCUT2D eigenvalue weighted by molar-refractivity contribution is -0.825. The van der Waals surface area contributed by atoms with E-state index in [0.717, 1.165) is 30.2 Å². The lowest BCUT2D eigenvalue weighted by Crippen LogP contribution is -2.60. The first kappa shape index (κ1) is 20.6. The van der Waals surface area contributed by atoms with E-state index in [4.69, 9.17) is 0 Å². The van der Waals surface area contributed by atoms with Crippen LogP contribution in [0.3, 0.4) is 0 Å². The van der Waals surface area contributed by atoms with E-state index in [1.54, 1.807) is 12.1 Å². The highest BCUT2D eigenvalue weighted by molar-refractivity contribution is 6.02.